The number of carbonyl (C=O) groups excluding carboxylic acids is 1. The summed E-state index contributed by atoms with van der Waals surface area (Å²) in [5, 5.41) is 2.98. The molecule has 1 amide bonds. The topological polar surface area (TPSA) is 32.3 Å². The Balaban J connectivity index is 1.75. The molecule has 0 aromatic rings. The second-order valence-corrected chi connectivity index (χ2v) is 5.99. The number of rotatable bonds is 5. The Bertz CT molecular complexity index is 261. The highest BCUT2D eigenvalue weighted by atomic mass is 16.2. The van der Waals surface area contributed by atoms with Crippen molar-refractivity contribution < 1.29 is 4.79 Å². The number of likely N-dealkylation sites (N-methyl/N-ethyl adjacent to an activating group) is 1. The predicted molar refractivity (Wildman–Crippen MR) is 74.5 cm³/mol. The van der Waals surface area contributed by atoms with Crippen LogP contribution >= 0.6 is 0 Å². The molecule has 2 aliphatic rings. The molecule has 0 aromatic heterocycles. The van der Waals surface area contributed by atoms with Crippen LogP contribution in [-0.4, -0.2) is 37.0 Å². The first-order valence-corrected chi connectivity index (χ1v) is 7.75. The van der Waals surface area contributed by atoms with Gasteiger partial charge in [0.15, 0.2) is 0 Å². The van der Waals surface area contributed by atoms with Crippen LogP contribution in [0.5, 0.6) is 0 Å². The Hall–Kier alpha value is -0.570. The lowest BCUT2D eigenvalue weighted by Gasteiger charge is -2.28. The van der Waals surface area contributed by atoms with Crippen molar-refractivity contribution >= 4 is 5.91 Å². The molecule has 3 heteroatoms. The molecular formula is C15H28N2O. The maximum atomic E-state index is 12.0. The van der Waals surface area contributed by atoms with Crippen LogP contribution < -0.4 is 5.32 Å². The van der Waals surface area contributed by atoms with Crippen LogP contribution in [0.1, 0.15) is 57.8 Å². The van der Waals surface area contributed by atoms with Crippen molar-refractivity contribution in [2.75, 3.05) is 20.1 Å². The molecule has 18 heavy (non-hydrogen) atoms. The van der Waals surface area contributed by atoms with Crippen LogP contribution in [0.25, 0.3) is 0 Å². The number of hydrogen-bond donors (Lipinski definition) is 1. The summed E-state index contributed by atoms with van der Waals surface area (Å²) in [7, 11) is 1.85. The molecular weight excluding hydrogens is 224 g/mol. The minimum Gasteiger partial charge on any atom is -0.339 e. The van der Waals surface area contributed by atoms with Gasteiger partial charge < -0.3 is 10.2 Å². The molecule has 1 aliphatic heterocycles. The molecule has 0 aromatic carbocycles. The van der Waals surface area contributed by atoms with Gasteiger partial charge in [-0.2, -0.15) is 0 Å². The lowest BCUT2D eigenvalue weighted by Crippen LogP contribution is -2.40. The first kappa shape index (κ1) is 13.9. The maximum absolute atomic E-state index is 12.0. The molecule has 2 rings (SSSR count). The van der Waals surface area contributed by atoms with Gasteiger partial charge in [-0.3, -0.25) is 4.79 Å². The fourth-order valence-corrected chi connectivity index (χ4v) is 3.62. The van der Waals surface area contributed by atoms with E-state index in [0.717, 1.165) is 12.5 Å². The van der Waals surface area contributed by atoms with Crippen LogP contribution in [0.4, 0.5) is 0 Å². The third kappa shape index (κ3) is 3.71. The summed E-state index contributed by atoms with van der Waals surface area (Å²) in [5.74, 6) is 1.24. The van der Waals surface area contributed by atoms with E-state index in [2.05, 4.69) is 10.2 Å². The molecule has 1 unspecified atom stereocenters. The van der Waals surface area contributed by atoms with Gasteiger partial charge in [0.25, 0.3) is 0 Å². The first-order valence-electron chi connectivity index (χ1n) is 7.75. The highest BCUT2D eigenvalue weighted by molar-refractivity contribution is 5.78. The average Bonchev–Trinajstić information content (AvgIpc) is 2.86. The van der Waals surface area contributed by atoms with Crippen LogP contribution in [0.15, 0.2) is 0 Å². The van der Waals surface area contributed by atoms with Gasteiger partial charge in [-0.05, 0) is 38.6 Å². The Morgan fingerprint density at radius 2 is 1.89 bits per heavy atom. The summed E-state index contributed by atoms with van der Waals surface area (Å²) < 4.78 is 0. The number of hydrogen-bond acceptors (Lipinski definition) is 2. The average molecular weight is 252 g/mol. The van der Waals surface area contributed by atoms with E-state index in [1.807, 2.05) is 7.05 Å². The van der Waals surface area contributed by atoms with Gasteiger partial charge in [-0.1, -0.05) is 32.1 Å². The minimum atomic E-state index is 0.295. The second-order valence-electron chi connectivity index (χ2n) is 5.99. The van der Waals surface area contributed by atoms with Crippen molar-refractivity contribution in [3.63, 3.8) is 0 Å². The van der Waals surface area contributed by atoms with Crippen LogP contribution in [-0.2, 0) is 4.79 Å². The van der Waals surface area contributed by atoms with E-state index in [-0.39, 0.29) is 0 Å². The number of carbonyl (C=O) groups is 1. The Labute approximate surface area is 111 Å². The van der Waals surface area contributed by atoms with Crippen molar-refractivity contribution in [2.24, 2.45) is 5.92 Å². The molecule has 1 saturated carbocycles. The molecule has 1 atom stereocenters. The summed E-state index contributed by atoms with van der Waals surface area (Å²) in [6.07, 6.45) is 12.2. The zero-order valence-corrected chi connectivity index (χ0v) is 11.8. The first-order chi connectivity index (χ1) is 8.81. The van der Waals surface area contributed by atoms with Crippen molar-refractivity contribution in [3.05, 3.63) is 0 Å². The molecule has 1 saturated heterocycles. The standard InChI is InChI=1S/C15H28N2O/c1-16-12-15(18)17-11-5-8-14(17)10-9-13-6-3-2-4-7-13/h13-14,16H,2-12H2,1H3. The van der Waals surface area contributed by atoms with Crippen LogP contribution in [0.3, 0.4) is 0 Å². The van der Waals surface area contributed by atoms with Gasteiger partial charge in [0.1, 0.15) is 0 Å². The summed E-state index contributed by atoms with van der Waals surface area (Å²) in [6.45, 7) is 1.48. The summed E-state index contributed by atoms with van der Waals surface area (Å²) in [6, 6.07) is 0.535. The van der Waals surface area contributed by atoms with Crippen molar-refractivity contribution in [2.45, 2.75) is 63.8 Å². The molecule has 3 nitrogen and oxygen atoms in total. The highest BCUT2D eigenvalue weighted by Crippen LogP contribution is 2.30. The van der Waals surface area contributed by atoms with Crippen LogP contribution in [0, 0.1) is 5.92 Å². The second kappa shape index (κ2) is 7.13. The lowest BCUT2D eigenvalue weighted by atomic mass is 9.85. The minimum absolute atomic E-state index is 0.295. The Morgan fingerprint density at radius 3 is 2.61 bits per heavy atom. The van der Waals surface area contributed by atoms with Crippen molar-refractivity contribution in [1.82, 2.24) is 10.2 Å². The van der Waals surface area contributed by atoms with Gasteiger partial charge in [0.05, 0.1) is 6.54 Å². The van der Waals surface area contributed by atoms with E-state index in [4.69, 9.17) is 0 Å². The summed E-state index contributed by atoms with van der Waals surface area (Å²) >= 11 is 0. The molecule has 1 aliphatic carbocycles. The van der Waals surface area contributed by atoms with E-state index >= 15 is 0 Å². The van der Waals surface area contributed by atoms with Crippen LogP contribution in [0.2, 0.25) is 0 Å². The van der Waals surface area contributed by atoms with Crippen molar-refractivity contribution in [3.8, 4) is 0 Å². The van der Waals surface area contributed by atoms with Crippen molar-refractivity contribution in [1.29, 1.82) is 0 Å². The highest BCUT2D eigenvalue weighted by Gasteiger charge is 2.28. The Morgan fingerprint density at radius 1 is 1.11 bits per heavy atom. The maximum Gasteiger partial charge on any atom is 0.236 e. The third-order valence-electron chi connectivity index (χ3n) is 4.66. The zero-order valence-electron chi connectivity index (χ0n) is 11.8. The fraction of sp³-hybridized carbons (Fsp3) is 0.933. The molecule has 1 heterocycles. The quantitative estimate of drug-likeness (QED) is 0.815. The molecule has 104 valence electrons. The molecule has 1 N–H and O–H groups in total. The third-order valence-corrected chi connectivity index (χ3v) is 4.66. The van der Waals surface area contributed by atoms with Gasteiger partial charge in [0, 0.05) is 12.6 Å². The molecule has 0 radical (unpaired) electrons. The fourth-order valence-electron chi connectivity index (χ4n) is 3.62. The lowest BCUT2D eigenvalue weighted by molar-refractivity contribution is -0.131. The number of amides is 1. The van der Waals surface area contributed by atoms with Gasteiger partial charge in [-0.25, -0.2) is 0 Å². The Kier molecular flexibility index (Phi) is 5.48. The normalized spacial score (nSPS) is 25.6. The molecule has 0 bridgehead atoms. The van der Waals surface area contributed by atoms with E-state index in [0.29, 0.717) is 18.5 Å². The SMILES string of the molecule is CNCC(=O)N1CCCC1CCC1CCCCC1. The van der Waals surface area contributed by atoms with E-state index < -0.39 is 0 Å². The van der Waals surface area contributed by atoms with E-state index in [9.17, 15) is 4.79 Å². The summed E-state index contributed by atoms with van der Waals surface area (Å²) in [4.78, 5) is 14.1. The van der Waals surface area contributed by atoms with Gasteiger partial charge in [-0.15, -0.1) is 0 Å². The number of nitrogens with zero attached hydrogens (tertiary/aromatic N) is 1. The summed E-state index contributed by atoms with van der Waals surface area (Å²) in [5.41, 5.74) is 0. The van der Waals surface area contributed by atoms with Gasteiger partial charge >= 0.3 is 0 Å². The van der Waals surface area contributed by atoms with E-state index in [1.54, 1.807) is 0 Å². The number of nitrogens with one attached hydrogen (secondary N) is 1. The molecule has 2 fully saturated rings. The largest absolute Gasteiger partial charge is 0.339 e. The predicted octanol–water partition coefficient (Wildman–Crippen LogP) is 2.56. The monoisotopic (exact) mass is 252 g/mol. The smallest absolute Gasteiger partial charge is 0.236 e. The molecule has 0 spiro atoms. The van der Waals surface area contributed by atoms with E-state index in [1.165, 1.54) is 57.8 Å². The zero-order chi connectivity index (χ0) is 12.8. The van der Waals surface area contributed by atoms with Gasteiger partial charge in [0.2, 0.25) is 5.91 Å². The number of likely N-dealkylation sites (tertiary alicyclic amines) is 1.